The highest BCUT2D eigenvalue weighted by Gasteiger charge is 2.36. The van der Waals surface area contributed by atoms with E-state index in [2.05, 4.69) is 0 Å². The summed E-state index contributed by atoms with van der Waals surface area (Å²) >= 11 is 0. The lowest BCUT2D eigenvalue weighted by Gasteiger charge is -2.35. The maximum atomic E-state index is 12.6. The molecule has 1 unspecified atom stereocenters. The Morgan fingerprint density at radius 3 is 2.25 bits per heavy atom. The molecule has 0 radical (unpaired) electrons. The van der Waals surface area contributed by atoms with Gasteiger partial charge in [0.15, 0.2) is 6.10 Å². The lowest BCUT2D eigenvalue weighted by atomic mass is 10.2. The van der Waals surface area contributed by atoms with Crippen LogP contribution in [0.2, 0.25) is 0 Å². The number of hydrogen-bond donors (Lipinski definition) is 1. The van der Waals surface area contributed by atoms with Gasteiger partial charge in [0.1, 0.15) is 0 Å². The van der Waals surface area contributed by atoms with E-state index in [0.717, 1.165) is 13.1 Å². The zero-order valence-corrected chi connectivity index (χ0v) is 11.7. The highest BCUT2D eigenvalue weighted by molar-refractivity contribution is 5.77. The van der Waals surface area contributed by atoms with Gasteiger partial charge in [-0.1, -0.05) is 0 Å². The van der Waals surface area contributed by atoms with E-state index < -0.39 is 12.1 Å². The molecule has 1 aliphatic heterocycles. The molecule has 2 amide bonds. The van der Waals surface area contributed by atoms with Gasteiger partial charge in [0.05, 0.1) is 13.2 Å². The van der Waals surface area contributed by atoms with Gasteiger partial charge in [0.2, 0.25) is 0 Å². The summed E-state index contributed by atoms with van der Waals surface area (Å²) in [6.07, 6.45) is 3.99. The highest BCUT2D eigenvalue weighted by Crippen LogP contribution is 2.34. The predicted molar refractivity (Wildman–Crippen MR) is 71.4 cm³/mol. The summed E-state index contributed by atoms with van der Waals surface area (Å²) in [4.78, 5) is 27.2. The van der Waals surface area contributed by atoms with Crippen molar-refractivity contribution in [3.8, 4) is 0 Å². The molecule has 0 bridgehead atoms. The largest absolute Gasteiger partial charge is 0.479 e. The highest BCUT2D eigenvalue weighted by atomic mass is 16.5. The van der Waals surface area contributed by atoms with Gasteiger partial charge in [-0.25, -0.2) is 9.59 Å². The molecule has 1 atom stereocenters. The summed E-state index contributed by atoms with van der Waals surface area (Å²) < 4.78 is 5.17. The molecule has 0 spiro atoms. The SMILES string of the molecule is O=C(O)C1CN(C(=O)N(CC2CC2)CC2CC2)CCO1. The van der Waals surface area contributed by atoms with Crippen LogP contribution in [-0.2, 0) is 9.53 Å². The van der Waals surface area contributed by atoms with Gasteiger partial charge in [0.25, 0.3) is 0 Å². The van der Waals surface area contributed by atoms with Gasteiger partial charge in [0, 0.05) is 19.6 Å². The van der Waals surface area contributed by atoms with Crippen LogP contribution in [0.5, 0.6) is 0 Å². The molecule has 2 aliphatic carbocycles. The third-order valence-electron chi connectivity index (χ3n) is 4.23. The third kappa shape index (κ3) is 3.42. The topological polar surface area (TPSA) is 70.1 Å². The fraction of sp³-hybridized carbons (Fsp3) is 0.857. The number of carboxylic acid groups (broad SMARTS) is 1. The Morgan fingerprint density at radius 2 is 1.75 bits per heavy atom. The number of nitrogens with zero attached hydrogens (tertiary/aromatic N) is 2. The van der Waals surface area contributed by atoms with Gasteiger partial charge >= 0.3 is 12.0 Å². The first-order valence-corrected chi connectivity index (χ1v) is 7.51. The van der Waals surface area contributed by atoms with Crippen LogP contribution in [0.25, 0.3) is 0 Å². The Balaban J connectivity index is 1.59. The first-order chi connectivity index (χ1) is 9.63. The van der Waals surface area contributed by atoms with Gasteiger partial charge < -0.3 is 19.6 Å². The molecule has 3 fully saturated rings. The van der Waals surface area contributed by atoms with Crippen LogP contribution in [0.4, 0.5) is 4.79 Å². The molecule has 0 aromatic heterocycles. The van der Waals surface area contributed by atoms with Crippen LogP contribution < -0.4 is 0 Å². The number of carboxylic acids is 1. The number of ether oxygens (including phenoxy) is 1. The molecule has 6 nitrogen and oxygen atoms in total. The molecule has 6 heteroatoms. The summed E-state index contributed by atoms with van der Waals surface area (Å²) in [5.74, 6) is 0.335. The Hall–Kier alpha value is -1.30. The minimum Gasteiger partial charge on any atom is -0.479 e. The molecule has 1 N–H and O–H groups in total. The van der Waals surface area contributed by atoms with E-state index in [1.165, 1.54) is 25.7 Å². The molecule has 20 heavy (non-hydrogen) atoms. The van der Waals surface area contributed by atoms with Crippen molar-refractivity contribution in [1.82, 2.24) is 9.80 Å². The van der Waals surface area contributed by atoms with Gasteiger partial charge in [-0.15, -0.1) is 0 Å². The second-order valence-corrected chi connectivity index (χ2v) is 6.22. The molecule has 2 saturated carbocycles. The number of carbonyl (C=O) groups is 2. The Morgan fingerprint density at radius 1 is 1.15 bits per heavy atom. The van der Waals surface area contributed by atoms with Crippen molar-refractivity contribution in [1.29, 1.82) is 0 Å². The second kappa shape index (κ2) is 5.60. The van der Waals surface area contributed by atoms with Crippen LogP contribution in [0.1, 0.15) is 25.7 Å². The van der Waals surface area contributed by atoms with Gasteiger partial charge in [-0.2, -0.15) is 0 Å². The van der Waals surface area contributed by atoms with Crippen molar-refractivity contribution >= 4 is 12.0 Å². The van der Waals surface area contributed by atoms with Crippen molar-refractivity contribution in [3.63, 3.8) is 0 Å². The number of amides is 2. The smallest absolute Gasteiger partial charge is 0.334 e. The van der Waals surface area contributed by atoms with Crippen LogP contribution in [0, 0.1) is 11.8 Å². The van der Waals surface area contributed by atoms with Crippen LogP contribution in [-0.4, -0.2) is 65.8 Å². The fourth-order valence-electron chi connectivity index (χ4n) is 2.63. The first kappa shape index (κ1) is 13.7. The molecular weight excluding hydrogens is 260 g/mol. The van der Waals surface area contributed by atoms with Crippen molar-refractivity contribution in [2.24, 2.45) is 11.8 Å². The Labute approximate surface area is 118 Å². The van der Waals surface area contributed by atoms with E-state index in [4.69, 9.17) is 9.84 Å². The number of carbonyl (C=O) groups excluding carboxylic acids is 1. The fourth-order valence-corrected chi connectivity index (χ4v) is 2.63. The summed E-state index contributed by atoms with van der Waals surface area (Å²) in [6, 6.07) is -0.00153. The molecule has 112 valence electrons. The molecule has 3 rings (SSSR count). The minimum atomic E-state index is -0.988. The van der Waals surface area contributed by atoms with Gasteiger partial charge in [-0.05, 0) is 37.5 Å². The number of urea groups is 1. The zero-order valence-electron chi connectivity index (χ0n) is 11.7. The van der Waals surface area contributed by atoms with E-state index in [1.54, 1.807) is 4.90 Å². The first-order valence-electron chi connectivity index (χ1n) is 7.51. The number of rotatable bonds is 5. The zero-order chi connectivity index (χ0) is 14.1. The molecule has 1 saturated heterocycles. The molecule has 3 aliphatic rings. The van der Waals surface area contributed by atoms with Gasteiger partial charge in [-0.3, -0.25) is 0 Å². The lowest BCUT2D eigenvalue weighted by molar-refractivity contribution is -0.154. The van der Waals surface area contributed by atoms with Crippen molar-refractivity contribution in [2.45, 2.75) is 31.8 Å². The predicted octanol–water partition coefficient (Wildman–Crippen LogP) is 1.01. The quantitative estimate of drug-likeness (QED) is 0.817. The van der Waals surface area contributed by atoms with E-state index in [0.29, 0.717) is 25.0 Å². The van der Waals surface area contributed by atoms with E-state index in [1.807, 2.05) is 4.90 Å². The van der Waals surface area contributed by atoms with E-state index >= 15 is 0 Å². The third-order valence-corrected chi connectivity index (χ3v) is 4.23. The minimum absolute atomic E-state index is 0.00153. The number of morpholine rings is 1. The standard InChI is InChI=1S/C14H22N2O4/c17-13(18)12-9-15(5-6-20-12)14(19)16(7-10-1-2-10)8-11-3-4-11/h10-12H,1-9H2,(H,17,18). The average molecular weight is 282 g/mol. The monoisotopic (exact) mass is 282 g/mol. The Bertz CT molecular complexity index is 379. The summed E-state index contributed by atoms with van der Waals surface area (Å²) in [5, 5.41) is 9.01. The number of aliphatic carboxylic acids is 1. The molecule has 0 aromatic rings. The molecule has 0 aromatic carbocycles. The van der Waals surface area contributed by atoms with Crippen molar-refractivity contribution in [3.05, 3.63) is 0 Å². The average Bonchev–Trinajstić information content (AvgIpc) is 3.32. The van der Waals surface area contributed by atoms with Crippen LogP contribution in [0.15, 0.2) is 0 Å². The van der Waals surface area contributed by atoms with E-state index in [-0.39, 0.29) is 12.6 Å². The number of hydrogen-bond acceptors (Lipinski definition) is 3. The normalized spacial score (nSPS) is 26.4. The lowest BCUT2D eigenvalue weighted by Crippen LogP contribution is -2.53. The molecule has 1 heterocycles. The maximum Gasteiger partial charge on any atom is 0.334 e. The van der Waals surface area contributed by atoms with E-state index in [9.17, 15) is 9.59 Å². The summed E-state index contributed by atoms with van der Waals surface area (Å²) in [6.45, 7) is 2.65. The molecular formula is C14H22N2O4. The van der Waals surface area contributed by atoms with Crippen LogP contribution >= 0.6 is 0 Å². The van der Waals surface area contributed by atoms with Crippen molar-refractivity contribution in [2.75, 3.05) is 32.8 Å². The summed E-state index contributed by atoms with van der Waals surface area (Å²) in [5.41, 5.74) is 0. The summed E-state index contributed by atoms with van der Waals surface area (Å²) in [7, 11) is 0. The second-order valence-electron chi connectivity index (χ2n) is 6.22. The van der Waals surface area contributed by atoms with Crippen LogP contribution in [0.3, 0.4) is 0 Å². The Kier molecular flexibility index (Phi) is 3.83. The van der Waals surface area contributed by atoms with Crippen molar-refractivity contribution < 1.29 is 19.4 Å². The maximum absolute atomic E-state index is 12.6.